The van der Waals surface area contributed by atoms with E-state index >= 15 is 0 Å². The highest BCUT2D eigenvalue weighted by Gasteiger charge is 2.14. The maximum Gasteiger partial charge on any atom is 0.243 e. The van der Waals surface area contributed by atoms with Crippen molar-refractivity contribution in [1.82, 2.24) is 15.5 Å². The summed E-state index contributed by atoms with van der Waals surface area (Å²) in [5.74, 6) is 1.48. The Hall–Kier alpha value is -2.04. The van der Waals surface area contributed by atoms with Crippen molar-refractivity contribution in [3.63, 3.8) is 0 Å². The number of hydrogen-bond donors (Lipinski definition) is 2. The number of likely N-dealkylation sites (N-methyl/N-ethyl adjacent to an activating group) is 1. The number of carbonyl (C=O) groups excluding carboxylic acids is 1. The summed E-state index contributed by atoms with van der Waals surface area (Å²) >= 11 is 0. The standard InChI is InChI=1S/C20H32N4O/c1-24(2)19(25)16-23-20(22-15-18-11-7-4-8-12-18)21-14-13-17-9-5-3-6-10-17/h3,5-6,9-10,18H,4,7-8,11-16H2,1-2H3,(H2,21,22,23). The van der Waals surface area contributed by atoms with Gasteiger partial charge in [0.1, 0.15) is 6.54 Å². The molecule has 138 valence electrons. The maximum absolute atomic E-state index is 11.8. The monoisotopic (exact) mass is 344 g/mol. The van der Waals surface area contributed by atoms with E-state index < -0.39 is 0 Å². The van der Waals surface area contributed by atoms with Gasteiger partial charge >= 0.3 is 0 Å². The molecule has 0 spiro atoms. The molecule has 5 nitrogen and oxygen atoms in total. The van der Waals surface area contributed by atoms with Gasteiger partial charge in [0, 0.05) is 27.2 Å². The highest BCUT2D eigenvalue weighted by atomic mass is 16.2. The highest BCUT2D eigenvalue weighted by Crippen LogP contribution is 2.22. The molecule has 0 radical (unpaired) electrons. The van der Waals surface area contributed by atoms with Crippen molar-refractivity contribution >= 4 is 11.9 Å². The third kappa shape index (κ3) is 7.59. The second kappa shape index (κ2) is 10.7. The molecule has 0 unspecified atom stereocenters. The molecule has 1 aliphatic carbocycles. The molecule has 0 bridgehead atoms. The van der Waals surface area contributed by atoms with E-state index in [1.807, 2.05) is 6.07 Å². The van der Waals surface area contributed by atoms with Crippen LogP contribution >= 0.6 is 0 Å². The average Bonchev–Trinajstić information content (AvgIpc) is 2.64. The van der Waals surface area contributed by atoms with Crippen molar-refractivity contribution in [3.05, 3.63) is 35.9 Å². The molecule has 0 saturated heterocycles. The molecular weight excluding hydrogens is 312 g/mol. The molecule has 1 amide bonds. The zero-order valence-corrected chi connectivity index (χ0v) is 15.6. The minimum atomic E-state index is 0.0156. The van der Waals surface area contributed by atoms with Crippen molar-refractivity contribution in [3.8, 4) is 0 Å². The van der Waals surface area contributed by atoms with Crippen LogP contribution in [0.3, 0.4) is 0 Å². The van der Waals surface area contributed by atoms with E-state index in [9.17, 15) is 4.79 Å². The van der Waals surface area contributed by atoms with Crippen LogP contribution in [0.2, 0.25) is 0 Å². The molecular formula is C20H32N4O. The Morgan fingerprint density at radius 1 is 1.12 bits per heavy atom. The first-order valence-corrected chi connectivity index (χ1v) is 9.41. The fourth-order valence-corrected chi connectivity index (χ4v) is 3.06. The minimum Gasteiger partial charge on any atom is -0.356 e. The van der Waals surface area contributed by atoms with E-state index in [0.717, 1.165) is 31.4 Å². The first-order valence-electron chi connectivity index (χ1n) is 9.41. The van der Waals surface area contributed by atoms with Gasteiger partial charge in [-0.05, 0) is 30.7 Å². The van der Waals surface area contributed by atoms with Gasteiger partial charge in [-0.1, -0.05) is 49.6 Å². The van der Waals surface area contributed by atoms with Crippen LogP contribution in [-0.2, 0) is 11.2 Å². The summed E-state index contributed by atoms with van der Waals surface area (Å²) in [5.41, 5.74) is 1.30. The van der Waals surface area contributed by atoms with Crippen molar-refractivity contribution < 1.29 is 4.79 Å². The van der Waals surface area contributed by atoms with Gasteiger partial charge in [-0.3, -0.25) is 4.79 Å². The number of amides is 1. The number of hydrogen-bond acceptors (Lipinski definition) is 2. The second-order valence-corrected chi connectivity index (χ2v) is 7.00. The van der Waals surface area contributed by atoms with Crippen molar-refractivity contribution in [2.75, 3.05) is 33.7 Å². The molecule has 1 fully saturated rings. The molecule has 1 aromatic rings. The number of aliphatic imine (C=N–C) groups is 1. The van der Waals surface area contributed by atoms with E-state index in [1.165, 1.54) is 37.7 Å². The lowest BCUT2D eigenvalue weighted by Crippen LogP contribution is -2.41. The summed E-state index contributed by atoms with van der Waals surface area (Å²) in [6, 6.07) is 10.4. The molecule has 0 aliphatic heterocycles. The number of carbonyl (C=O) groups is 1. The number of nitrogens with zero attached hydrogens (tertiary/aromatic N) is 2. The van der Waals surface area contributed by atoms with Gasteiger partial charge in [0.05, 0.1) is 0 Å². The van der Waals surface area contributed by atoms with Crippen LogP contribution in [0.15, 0.2) is 35.3 Å². The molecule has 2 rings (SSSR count). The largest absolute Gasteiger partial charge is 0.356 e. The lowest BCUT2D eigenvalue weighted by molar-refractivity contribution is -0.127. The quantitative estimate of drug-likeness (QED) is 0.590. The molecule has 2 N–H and O–H groups in total. The normalized spacial score (nSPS) is 15.7. The molecule has 0 atom stereocenters. The van der Waals surface area contributed by atoms with Gasteiger partial charge in [0.2, 0.25) is 5.91 Å². The Morgan fingerprint density at radius 2 is 1.84 bits per heavy atom. The molecule has 0 heterocycles. The Balaban J connectivity index is 1.83. The summed E-state index contributed by atoms with van der Waals surface area (Å²) < 4.78 is 0. The van der Waals surface area contributed by atoms with Crippen LogP contribution in [-0.4, -0.2) is 50.5 Å². The SMILES string of the molecule is CN(C)C(=O)CN=C(NCCc1ccccc1)NCC1CCCCC1. The Labute approximate surface area is 151 Å². The van der Waals surface area contributed by atoms with Crippen LogP contribution in [0.1, 0.15) is 37.7 Å². The number of rotatable bonds is 7. The first-order chi connectivity index (χ1) is 12.1. The zero-order chi connectivity index (χ0) is 17.9. The van der Waals surface area contributed by atoms with Gasteiger partial charge in [0.25, 0.3) is 0 Å². The highest BCUT2D eigenvalue weighted by molar-refractivity contribution is 5.84. The third-order valence-corrected chi connectivity index (χ3v) is 4.70. The van der Waals surface area contributed by atoms with Gasteiger partial charge < -0.3 is 15.5 Å². The van der Waals surface area contributed by atoms with E-state index in [2.05, 4.69) is 39.9 Å². The molecule has 1 aromatic carbocycles. The van der Waals surface area contributed by atoms with Crippen LogP contribution in [0.4, 0.5) is 0 Å². The van der Waals surface area contributed by atoms with Crippen LogP contribution in [0.25, 0.3) is 0 Å². The predicted octanol–water partition coefficient (Wildman–Crippen LogP) is 2.43. The fraction of sp³-hybridized carbons (Fsp3) is 0.600. The zero-order valence-electron chi connectivity index (χ0n) is 15.6. The van der Waals surface area contributed by atoms with Crippen LogP contribution < -0.4 is 10.6 Å². The summed E-state index contributed by atoms with van der Waals surface area (Å²) in [6.07, 6.45) is 7.55. The van der Waals surface area contributed by atoms with Crippen molar-refractivity contribution in [1.29, 1.82) is 0 Å². The summed E-state index contributed by atoms with van der Waals surface area (Å²) in [7, 11) is 3.52. The van der Waals surface area contributed by atoms with E-state index in [4.69, 9.17) is 0 Å². The Kier molecular flexibility index (Phi) is 8.29. The average molecular weight is 345 g/mol. The first kappa shape index (κ1) is 19.3. The minimum absolute atomic E-state index is 0.0156. The number of guanidine groups is 1. The number of nitrogens with one attached hydrogen (secondary N) is 2. The smallest absolute Gasteiger partial charge is 0.243 e. The van der Waals surface area contributed by atoms with Crippen LogP contribution in [0.5, 0.6) is 0 Å². The summed E-state index contributed by atoms with van der Waals surface area (Å²) in [6.45, 7) is 1.92. The predicted molar refractivity (Wildman–Crippen MR) is 104 cm³/mol. The molecule has 25 heavy (non-hydrogen) atoms. The van der Waals surface area contributed by atoms with E-state index in [0.29, 0.717) is 0 Å². The van der Waals surface area contributed by atoms with E-state index in [-0.39, 0.29) is 12.5 Å². The molecule has 1 aliphatic rings. The van der Waals surface area contributed by atoms with Gasteiger partial charge in [-0.15, -0.1) is 0 Å². The molecule has 0 aromatic heterocycles. The van der Waals surface area contributed by atoms with Gasteiger partial charge in [-0.25, -0.2) is 4.99 Å². The summed E-state index contributed by atoms with van der Waals surface area (Å²) in [5, 5.41) is 6.81. The van der Waals surface area contributed by atoms with Gasteiger partial charge in [0.15, 0.2) is 5.96 Å². The fourth-order valence-electron chi connectivity index (χ4n) is 3.06. The Morgan fingerprint density at radius 3 is 2.52 bits per heavy atom. The lowest BCUT2D eigenvalue weighted by atomic mass is 9.89. The topological polar surface area (TPSA) is 56.7 Å². The number of benzene rings is 1. The summed E-state index contributed by atoms with van der Waals surface area (Å²) in [4.78, 5) is 17.9. The van der Waals surface area contributed by atoms with Gasteiger partial charge in [-0.2, -0.15) is 0 Å². The van der Waals surface area contributed by atoms with Crippen molar-refractivity contribution in [2.24, 2.45) is 10.9 Å². The third-order valence-electron chi connectivity index (χ3n) is 4.70. The molecule has 5 heteroatoms. The van der Waals surface area contributed by atoms with Crippen LogP contribution in [0, 0.1) is 5.92 Å². The Bertz CT molecular complexity index is 536. The maximum atomic E-state index is 11.8. The lowest BCUT2D eigenvalue weighted by Gasteiger charge is -2.23. The molecule has 1 saturated carbocycles. The van der Waals surface area contributed by atoms with E-state index in [1.54, 1.807) is 19.0 Å². The second-order valence-electron chi connectivity index (χ2n) is 7.00. The van der Waals surface area contributed by atoms with Crippen molar-refractivity contribution in [2.45, 2.75) is 38.5 Å².